The van der Waals surface area contributed by atoms with E-state index in [2.05, 4.69) is 4.72 Å². The molecular formula is C22H28N2O6S. The molecule has 2 aliphatic rings. The van der Waals surface area contributed by atoms with Gasteiger partial charge in [0.2, 0.25) is 10.0 Å². The molecule has 1 aromatic carbocycles. The molecule has 31 heavy (non-hydrogen) atoms. The zero-order chi connectivity index (χ0) is 22.4. The zero-order valence-electron chi connectivity index (χ0n) is 17.2. The Morgan fingerprint density at radius 3 is 2.77 bits per heavy atom. The lowest BCUT2D eigenvalue weighted by Crippen LogP contribution is -2.43. The van der Waals surface area contributed by atoms with Gasteiger partial charge in [0.25, 0.3) is 5.69 Å². The molecule has 9 heteroatoms. The van der Waals surface area contributed by atoms with Crippen molar-refractivity contribution >= 4 is 27.8 Å². The highest BCUT2D eigenvalue weighted by molar-refractivity contribution is 7.92. The molecule has 0 aliphatic heterocycles. The molecule has 0 spiro atoms. The van der Waals surface area contributed by atoms with Crippen molar-refractivity contribution in [1.29, 1.82) is 0 Å². The molecule has 0 heterocycles. The Balaban J connectivity index is 1.61. The number of unbranched alkanes of at least 4 members (excludes halogenated alkanes) is 1. The van der Waals surface area contributed by atoms with Crippen molar-refractivity contribution in [3.8, 4) is 0 Å². The number of allylic oxidation sites excluding steroid dienone is 2. The third-order valence-electron chi connectivity index (χ3n) is 6.25. The summed E-state index contributed by atoms with van der Waals surface area (Å²) in [4.78, 5) is 20.9. The van der Waals surface area contributed by atoms with Crippen LogP contribution in [-0.2, 0) is 14.8 Å². The second-order valence-electron chi connectivity index (χ2n) is 8.33. The maximum absolute atomic E-state index is 12.7. The van der Waals surface area contributed by atoms with Crippen LogP contribution >= 0.6 is 0 Å². The van der Waals surface area contributed by atoms with Gasteiger partial charge in [-0.1, -0.05) is 24.3 Å². The minimum atomic E-state index is -3.69. The number of fused-ring (bicyclic) bond motifs is 2. The average molecular weight is 449 g/mol. The largest absolute Gasteiger partial charge is 0.481 e. The first-order valence-electron chi connectivity index (χ1n) is 10.6. The quantitative estimate of drug-likeness (QED) is 0.227. The van der Waals surface area contributed by atoms with Crippen molar-refractivity contribution in [3.05, 3.63) is 57.5 Å². The van der Waals surface area contributed by atoms with Gasteiger partial charge in [-0.3, -0.25) is 14.9 Å². The lowest BCUT2D eigenvalue weighted by molar-refractivity contribution is -0.384. The van der Waals surface area contributed by atoms with Crippen LogP contribution in [0.5, 0.6) is 0 Å². The van der Waals surface area contributed by atoms with Crippen molar-refractivity contribution in [2.75, 3.05) is 0 Å². The molecule has 2 bridgehead atoms. The zero-order valence-corrected chi connectivity index (χ0v) is 18.0. The fraction of sp³-hybridized carbons (Fsp3) is 0.500. The Kier molecular flexibility index (Phi) is 7.61. The first-order valence-corrected chi connectivity index (χ1v) is 12.1. The molecule has 2 aliphatic carbocycles. The Morgan fingerprint density at radius 1 is 1.26 bits per heavy atom. The van der Waals surface area contributed by atoms with Crippen LogP contribution in [0.2, 0.25) is 0 Å². The summed E-state index contributed by atoms with van der Waals surface area (Å²) >= 11 is 0. The topological polar surface area (TPSA) is 127 Å². The molecule has 0 saturated heterocycles. The summed E-state index contributed by atoms with van der Waals surface area (Å²) in [5, 5.41) is 20.7. The van der Waals surface area contributed by atoms with E-state index in [1.165, 1.54) is 24.3 Å². The fourth-order valence-electron chi connectivity index (χ4n) is 4.81. The van der Waals surface area contributed by atoms with Crippen LogP contribution in [0.4, 0.5) is 5.69 Å². The number of hydrogen-bond donors (Lipinski definition) is 2. The summed E-state index contributed by atoms with van der Waals surface area (Å²) in [6, 6.07) is 5.71. The van der Waals surface area contributed by atoms with Crippen molar-refractivity contribution in [2.45, 2.75) is 51.0 Å². The highest BCUT2D eigenvalue weighted by Crippen LogP contribution is 2.50. The van der Waals surface area contributed by atoms with Crippen molar-refractivity contribution in [1.82, 2.24) is 4.72 Å². The maximum Gasteiger partial charge on any atom is 0.303 e. The predicted molar refractivity (Wildman–Crippen MR) is 118 cm³/mol. The van der Waals surface area contributed by atoms with Crippen LogP contribution in [0, 0.1) is 27.9 Å². The number of hydrogen-bond acceptors (Lipinski definition) is 5. The van der Waals surface area contributed by atoms with E-state index in [4.69, 9.17) is 5.11 Å². The number of nitro groups is 1. The SMILES string of the molecule is O=C(O)CCCC=CCC1C2CCC(C2)C1NS(=O)(=O)C=Cc1cccc([N+](=O)[O-])c1. The molecular weight excluding hydrogens is 420 g/mol. The lowest BCUT2D eigenvalue weighted by atomic mass is 9.83. The number of nitrogens with one attached hydrogen (secondary N) is 1. The molecule has 0 amide bonds. The number of sulfonamides is 1. The summed E-state index contributed by atoms with van der Waals surface area (Å²) in [5.41, 5.74) is 0.365. The summed E-state index contributed by atoms with van der Waals surface area (Å²) < 4.78 is 28.2. The number of non-ortho nitro benzene ring substituents is 1. The Bertz CT molecular complexity index is 972. The monoisotopic (exact) mass is 448 g/mol. The van der Waals surface area contributed by atoms with Crippen LogP contribution in [0.1, 0.15) is 50.5 Å². The van der Waals surface area contributed by atoms with E-state index >= 15 is 0 Å². The second kappa shape index (κ2) is 10.2. The first-order chi connectivity index (χ1) is 14.7. The van der Waals surface area contributed by atoms with Crippen LogP contribution in [0.15, 0.2) is 41.8 Å². The summed E-state index contributed by atoms with van der Waals surface area (Å²) in [6.07, 6.45) is 10.8. The van der Waals surface area contributed by atoms with E-state index in [0.29, 0.717) is 30.2 Å². The molecule has 0 radical (unpaired) electrons. The van der Waals surface area contributed by atoms with Crippen LogP contribution in [-0.4, -0.2) is 30.5 Å². The molecule has 1 aromatic rings. The Morgan fingerprint density at radius 2 is 2.03 bits per heavy atom. The minimum absolute atomic E-state index is 0.0872. The summed E-state index contributed by atoms with van der Waals surface area (Å²) in [5.74, 6) is 0.267. The van der Waals surface area contributed by atoms with E-state index in [0.717, 1.165) is 31.1 Å². The highest BCUT2D eigenvalue weighted by Gasteiger charge is 2.47. The van der Waals surface area contributed by atoms with E-state index in [1.54, 1.807) is 6.07 Å². The Hall–Kier alpha value is -2.52. The predicted octanol–water partition coefficient (Wildman–Crippen LogP) is 4.10. The first kappa shape index (κ1) is 23.1. The third kappa shape index (κ3) is 6.48. The number of carbonyl (C=O) groups is 1. The van der Waals surface area contributed by atoms with Crippen molar-refractivity contribution in [3.63, 3.8) is 0 Å². The van der Waals surface area contributed by atoms with Crippen LogP contribution < -0.4 is 4.72 Å². The van der Waals surface area contributed by atoms with Gasteiger partial charge >= 0.3 is 5.97 Å². The molecule has 2 saturated carbocycles. The Labute approximate surface area is 182 Å². The third-order valence-corrected chi connectivity index (χ3v) is 7.34. The molecule has 3 rings (SSSR count). The maximum atomic E-state index is 12.7. The molecule has 4 unspecified atom stereocenters. The summed E-state index contributed by atoms with van der Waals surface area (Å²) in [7, 11) is -3.69. The van der Waals surface area contributed by atoms with Gasteiger partial charge in [-0.25, -0.2) is 13.1 Å². The number of nitro benzene ring substituents is 1. The van der Waals surface area contributed by atoms with Gasteiger partial charge in [0.15, 0.2) is 0 Å². The van der Waals surface area contributed by atoms with Gasteiger partial charge < -0.3 is 5.11 Å². The van der Waals surface area contributed by atoms with Gasteiger partial charge in [-0.2, -0.15) is 0 Å². The summed E-state index contributed by atoms with van der Waals surface area (Å²) in [6.45, 7) is 0. The highest BCUT2D eigenvalue weighted by atomic mass is 32.2. The smallest absolute Gasteiger partial charge is 0.303 e. The molecule has 0 aromatic heterocycles. The number of carboxylic acids is 1. The van der Waals surface area contributed by atoms with Gasteiger partial charge in [0, 0.05) is 30.0 Å². The van der Waals surface area contributed by atoms with Gasteiger partial charge in [0.05, 0.1) is 4.92 Å². The van der Waals surface area contributed by atoms with Gasteiger partial charge in [0.1, 0.15) is 0 Å². The fourth-order valence-corrected chi connectivity index (χ4v) is 5.98. The normalized spacial score (nSPS) is 25.5. The molecule has 168 valence electrons. The van der Waals surface area contributed by atoms with Crippen LogP contribution in [0.25, 0.3) is 6.08 Å². The molecule has 4 atom stereocenters. The van der Waals surface area contributed by atoms with Gasteiger partial charge in [-0.05, 0) is 67.9 Å². The van der Waals surface area contributed by atoms with Crippen molar-refractivity contribution < 1.29 is 23.2 Å². The molecule has 2 fully saturated rings. The van der Waals surface area contributed by atoms with E-state index in [-0.39, 0.29) is 24.1 Å². The number of nitrogens with zero attached hydrogens (tertiary/aromatic N) is 1. The standard InChI is InChI=1S/C22H28N2O6S/c25-21(26)9-4-2-1-3-8-20-17-10-11-18(15-17)22(20)23-31(29,30)13-12-16-6-5-7-19(14-16)24(27)28/h1,3,5-7,12-14,17-18,20,22-23H,2,4,8-11,15H2,(H,25,26). The average Bonchev–Trinajstić information content (AvgIpc) is 3.31. The second-order valence-corrected chi connectivity index (χ2v) is 9.93. The van der Waals surface area contributed by atoms with Crippen molar-refractivity contribution in [2.24, 2.45) is 17.8 Å². The van der Waals surface area contributed by atoms with Crippen LogP contribution in [0.3, 0.4) is 0 Å². The number of benzene rings is 1. The van der Waals surface area contributed by atoms with E-state index in [1.807, 2.05) is 12.2 Å². The van der Waals surface area contributed by atoms with E-state index < -0.39 is 20.9 Å². The number of rotatable bonds is 11. The number of aliphatic carboxylic acids is 1. The minimum Gasteiger partial charge on any atom is -0.481 e. The molecule has 8 nitrogen and oxygen atoms in total. The lowest BCUT2D eigenvalue weighted by Gasteiger charge is -2.30. The number of carboxylic acid groups (broad SMARTS) is 1. The van der Waals surface area contributed by atoms with Gasteiger partial charge in [-0.15, -0.1) is 0 Å². The molecule has 2 N–H and O–H groups in total. The van der Waals surface area contributed by atoms with E-state index in [9.17, 15) is 23.3 Å².